The number of carbonyl (C=O) groups is 3. The van der Waals surface area contributed by atoms with Crippen molar-refractivity contribution in [3.8, 4) is 5.75 Å². The average molecular weight is 194 g/mol. The third kappa shape index (κ3) is 2.16. The molecule has 0 aromatic heterocycles. The molecule has 0 heterocycles. The Kier molecular flexibility index (Phi) is 2.96. The number of hydrogen-bond donors (Lipinski definition) is 1. The number of aromatic hydroxyl groups is 1. The summed E-state index contributed by atoms with van der Waals surface area (Å²) in [6.07, 6.45) is -0.127. The van der Waals surface area contributed by atoms with Crippen LogP contribution in [0, 0.1) is 0 Å². The fourth-order valence-corrected chi connectivity index (χ4v) is 0.817. The standard InChI is InChI=1S/C9H6O5/c10-5-8(12)14-9(13)6-3-1-2-4-7(6)11/h1-5,11H. The molecule has 0 spiro atoms. The predicted molar refractivity (Wildman–Crippen MR) is 44.6 cm³/mol. The van der Waals surface area contributed by atoms with Gasteiger partial charge in [0.25, 0.3) is 0 Å². The van der Waals surface area contributed by atoms with Gasteiger partial charge in [-0.15, -0.1) is 0 Å². The van der Waals surface area contributed by atoms with Crippen LogP contribution >= 0.6 is 0 Å². The lowest BCUT2D eigenvalue weighted by molar-refractivity contribution is -0.144. The van der Waals surface area contributed by atoms with Gasteiger partial charge in [-0.05, 0) is 12.1 Å². The van der Waals surface area contributed by atoms with E-state index in [0.717, 1.165) is 0 Å². The van der Waals surface area contributed by atoms with Crippen molar-refractivity contribution in [3.05, 3.63) is 29.8 Å². The molecular weight excluding hydrogens is 188 g/mol. The zero-order valence-corrected chi connectivity index (χ0v) is 6.97. The maximum absolute atomic E-state index is 11.1. The lowest BCUT2D eigenvalue weighted by atomic mass is 10.2. The summed E-state index contributed by atoms with van der Waals surface area (Å²) in [6.45, 7) is 0. The van der Waals surface area contributed by atoms with Gasteiger partial charge in [0, 0.05) is 0 Å². The van der Waals surface area contributed by atoms with Crippen LogP contribution in [-0.4, -0.2) is 23.3 Å². The number of phenolic OH excluding ortho intramolecular Hbond substituents is 1. The number of rotatable bonds is 2. The van der Waals surface area contributed by atoms with Gasteiger partial charge < -0.3 is 9.84 Å². The molecule has 0 aliphatic carbocycles. The number of benzene rings is 1. The van der Waals surface area contributed by atoms with Gasteiger partial charge in [-0.25, -0.2) is 9.59 Å². The van der Waals surface area contributed by atoms with Crippen molar-refractivity contribution in [1.82, 2.24) is 0 Å². The van der Waals surface area contributed by atoms with Gasteiger partial charge in [0.15, 0.2) is 0 Å². The van der Waals surface area contributed by atoms with Crippen molar-refractivity contribution in [1.29, 1.82) is 0 Å². The van der Waals surface area contributed by atoms with E-state index >= 15 is 0 Å². The fraction of sp³-hybridized carbons (Fsp3) is 0. The van der Waals surface area contributed by atoms with Crippen LogP contribution in [0.15, 0.2) is 24.3 Å². The van der Waals surface area contributed by atoms with Crippen LogP contribution in [0.1, 0.15) is 10.4 Å². The highest BCUT2D eigenvalue weighted by atomic mass is 16.6. The zero-order chi connectivity index (χ0) is 10.6. The van der Waals surface area contributed by atoms with Crippen LogP contribution in [0.5, 0.6) is 5.75 Å². The van der Waals surface area contributed by atoms with Crippen molar-refractivity contribution in [2.75, 3.05) is 0 Å². The lowest BCUT2D eigenvalue weighted by Gasteiger charge is -2.00. The number of aldehydes is 1. The molecule has 0 aliphatic heterocycles. The predicted octanol–water partition coefficient (Wildman–Crippen LogP) is 0.274. The molecule has 0 aliphatic rings. The Morgan fingerprint density at radius 2 is 1.93 bits per heavy atom. The van der Waals surface area contributed by atoms with Gasteiger partial charge >= 0.3 is 11.9 Å². The third-order valence-corrected chi connectivity index (χ3v) is 1.41. The molecule has 1 aromatic carbocycles. The molecule has 0 fully saturated rings. The maximum Gasteiger partial charge on any atom is 0.379 e. The normalized spacial score (nSPS) is 9.14. The van der Waals surface area contributed by atoms with Crippen LogP contribution in [0.4, 0.5) is 0 Å². The second-order valence-corrected chi connectivity index (χ2v) is 2.34. The van der Waals surface area contributed by atoms with Crippen molar-refractivity contribution in [2.45, 2.75) is 0 Å². The van der Waals surface area contributed by atoms with E-state index in [0.29, 0.717) is 0 Å². The third-order valence-electron chi connectivity index (χ3n) is 1.41. The highest BCUT2D eigenvalue weighted by Gasteiger charge is 2.15. The summed E-state index contributed by atoms with van der Waals surface area (Å²) >= 11 is 0. The van der Waals surface area contributed by atoms with E-state index in [1.54, 1.807) is 0 Å². The number of hydrogen-bond acceptors (Lipinski definition) is 5. The first-order valence-corrected chi connectivity index (χ1v) is 3.64. The molecule has 5 nitrogen and oxygen atoms in total. The quantitative estimate of drug-likeness (QED) is 0.316. The van der Waals surface area contributed by atoms with E-state index in [1.165, 1.54) is 24.3 Å². The molecule has 0 saturated carbocycles. The molecule has 0 amide bonds. The Morgan fingerprint density at radius 3 is 2.50 bits per heavy atom. The van der Waals surface area contributed by atoms with E-state index in [-0.39, 0.29) is 17.6 Å². The molecule has 1 rings (SSSR count). The van der Waals surface area contributed by atoms with Gasteiger partial charge in [-0.1, -0.05) is 12.1 Å². The number of para-hydroxylation sites is 1. The van der Waals surface area contributed by atoms with Crippen LogP contribution < -0.4 is 0 Å². The number of phenols is 1. The minimum Gasteiger partial charge on any atom is -0.507 e. The SMILES string of the molecule is O=CC(=O)OC(=O)c1ccccc1O. The molecule has 0 bridgehead atoms. The molecular formula is C9H6O5. The van der Waals surface area contributed by atoms with Crippen molar-refractivity contribution in [3.63, 3.8) is 0 Å². The Bertz CT molecular complexity index is 383. The summed E-state index contributed by atoms with van der Waals surface area (Å²) < 4.78 is 4.06. The van der Waals surface area contributed by atoms with Gasteiger partial charge in [0.2, 0.25) is 6.29 Å². The lowest BCUT2D eigenvalue weighted by Crippen LogP contribution is -2.13. The molecule has 0 atom stereocenters. The number of esters is 2. The van der Waals surface area contributed by atoms with Gasteiger partial charge in [0.1, 0.15) is 11.3 Å². The maximum atomic E-state index is 11.1. The summed E-state index contributed by atoms with van der Waals surface area (Å²) in [5, 5.41) is 9.17. The van der Waals surface area contributed by atoms with Crippen LogP contribution in [0.3, 0.4) is 0 Å². The van der Waals surface area contributed by atoms with Crippen molar-refractivity contribution in [2.24, 2.45) is 0 Å². The summed E-state index contributed by atoms with van der Waals surface area (Å²) in [4.78, 5) is 31.4. The van der Waals surface area contributed by atoms with Gasteiger partial charge in [0.05, 0.1) is 0 Å². The van der Waals surface area contributed by atoms with Crippen LogP contribution in [0.2, 0.25) is 0 Å². The largest absolute Gasteiger partial charge is 0.507 e. The van der Waals surface area contributed by atoms with Crippen LogP contribution in [0.25, 0.3) is 0 Å². The molecule has 14 heavy (non-hydrogen) atoms. The zero-order valence-electron chi connectivity index (χ0n) is 6.97. The Labute approximate surface area is 78.9 Å². The second kappa shape index (κ2) is 4.18. The highest BCUT2D eigenvalue weighted by Crippen LogP contribution is 2.16. The summed E-state index contributed by atoms with van der Waals surface area (Å²) in [7, 11) is 0. The van der Waals surface area contributed by atoms with Gasteiger partial charge in [-0.2, -0.15) is 0 Å². The highest BCUT2D eigenvalue weighted by molar-refractivity contribution is 6.24. The molecule has 0 radical (unpaired) electrons. The number of ether oxygens (including phenoxy) is 1. The van der Waals surface area contributed by atoms with Crippen molar-refractivity contribution < 1.29 is 24.2 Å². The van der Waals surface area contributed by atoms with Gasteiger partial charge in [-0.3, -0.25) is 4.79 Å². The molecule has 5 heteroatoms. The molecule has 0 saturated heterocycles. The summed E-state index contributed by atoms with van der Waals surface area (Å²) in [6, 6.07) is 5.53. The van der Waals surface area contributed by atoms with Crippen LogP contribution in [-0.2, 0) is 14.3 Å². The summed E-state index contributed by atoms with van der Waals surface area (Å²) in [5.74, 6) is -2.66. The Balaban J connectivity index is 2.85. The Hall–Kier alpha value is -2.17. The summed E-state index contributed by atoms with van der Waals surface area (Å²) in [5.41, 5.74) is -0.164. The molecule has 1 aromatic rings. The first-order chi connectivity index (χ1) is 6.65. The van der Waals surface area contributed by atoms with E-state index < -0.39 is 11.9 Å². The topological polar surface area (TPSA) is 80.7 Å². The van der Waals surface area contributed by atoms with E-state index in [9.17, 15) is 14.4 Å². The minimum atomic E-state index is -1.29. The molecule has 0 unspecified atom stereocenters. The minimum absolute atomic E-state index is 0.127. The monoisotopic (exact) mass is 194 g/mol. The fourth-order valence-electron chi connectivity index (χ4n) is 0.817. The molecule has 72 valence electrons. The van der Waals surface area contributed by atoms with E-state index in [1.807, 2.05) is 0 Å². The van der Waals surface area contributed by atoms with E-state index in [4.69, 9.17) is 5.11 Å². The first kappa shape index (κ1) is 9.91. The average Bonchev–Trinajstić information content (AvgIpc) is 2.18. The first-order valence-electron chi connectivity index (χ1n) is 3.64. The van der Waals surface area contributed by atoms with E-state index in [2.05, 4.69) is 4.74 Å². The Morgan fingerprint density at radius 1 is 1.29 bits per heavy atom. The number of carbonyl (C=O) groups excluding carboxylic acids is 3. The molecule has 1 N–H and O–H groups in total. The van der Waals surface area contributed by atoms with Crippen molar-refractivity contribution >= 4 is 18.2 Å². The second-order valence-electron chi connectivity index (χ2n) is 2.34. The smallest absolute Gasteiger partial charge is 0.379 e.